The quantitative estimate of drug-likeness (QED) is 0.715. The number of methoxy groups -OCH3 is 1. The van der Waals surface area contributed by atoms with E-state index < -0.39 is 5.97 Å². The largest absolute Gasteiger partial charge is 0.490 e. The summed E-state index contributed by atoms with van der Waals surface area (Å²) < 4.78 is 16.1. The van der Waals surface area contributed by atoms with E-state index in [1.54, 1.807) is 24.3 Å². The molecule has 0 N–H and O–H groups in total. The van der Waals surface area contributed by atoms with Crippen LogP contribution in [-0.4, -0.2) is 43.6 Å². The van der Waals surface area contributed by atoms with E-state index in [2.05, 4.69) is 0 Å². The molecule has 2 aromatic rings. The van der Waals surface area contributed by atoms with Crippen LogP contribution < -0.4 is 9.47 Å². The molecule has 0 fully saturated rings. The van der Waals surface area contributed by atoms with Gasteiger partial charge in [-0.05, 0) is 67.8 Å². The summed E-state index contributed by atoms with van der Waals surface area (Å²) in [6, 6.07) is 10.5. The highest BCUT2D eigenvalue weighted by atomic mass is 16.5. The van der Waals surface area contributed by atoms with Crippen LogP contribution in [0.1, 0.15) is 45.7 Å². The summed E-state index contributed by atoms with van der Waals surface area (Å²) in [6.45, 7) is 6.15. The number of ether oxygens (including phenoxy) is 3. The average molecular weight is 383 g/mol. The first-order valence-corrected chi connectivity index (χ1v) is 9.46. The number of hydrogen-bond donors (Lipinski definition) is 0. The summed E-state index contributed by atoms with van der Waals surface area (Å²) in [5, 5.41) is 0. The molecule has 0 radical (unpaired) electrons. The molecule has 6 heteroatoms. The molecule has 6 nitrogen and oxygen atoms in total. The fourth-order valence-corrected chi connectivity index (χ4v) is 3.32. The van der Waals surface area contributed by atoms with Crippen LogP contribution in [0, 0.1) is 0 Å². The van der Waals surface area contributed by atoms with E-state index in [1.165, 1.54) is 12.7 Å². The maximum absolute atomic E-state index is 12.9. The van der Waals surface area contributed by atoms with Gasteiger partial charge in [-0.25, -0.2) is 4.79 Å². The summed E-state index contributed by atoms with van der Waals surface area (Å²) in [5.41, 5.74) is 3.22. The van der Waals surface area contributed by atoms with Crippen LogP contribution in [0.3, 0.4) is 0 Å². The third kappa shape index (κ3) is 4.11. The first-order chi connectivity index (χ1) is 13.6. The van der Waals surface area contributed by atoms with Gasteiger partial charge in [0.1, 0.15) is 0 Å². The second-order valence-corrected chi connectivity index (χ2v) is 6.48. The zero-order valence-electron chi connectivity index (χ0n) is 16.5. The molecule has 0 aliphatic carbocycles. The average Bonchev–Trinajstić information content (AvgIpc) is 2.73. The maximum Gasteiger partial charge on any atom is 0.337 e. The zero-order valence-corrected chi connectivity index (χ0v) is 16.5. The number of rotatable bonds is 6. The Hall–Kier alpha value is -3.02. The minimum Gasteiger partial charge on any atom is -0.490 e. The standard InChI is InChI=1S/C22H25NO5/c1-4-27-19-12-17-10-11-23(14-18(17)13-20(19)28-5-2)21(24)15-6-8-16(9-7-15)22(25)26-3/h6-9,12-13H,4-5,10-11,14H2,1-3H3. The lowest BCUT2D eigenvalue weighted by molar-refractivity contribution is 0.0599. The first kappa shape index (κ1) is 19.7. The van der Waals surface area contributed by atoms with E-state index in [1.807, 2.05) is 30.9 Å². The van der Waals surface area contributed by atoms with Crippen LogP contribution in [-0.2, 0) is 17.7 Å². The number of carbonyl (C=O) groups excluding carboxylic acids is 2. The predicted octanol–water partition coefficient (Wildman–Crippen LogP) is 3.47. The Morgan fingerprint density at radius 3 is 2.07 bits per heavy atom. The topological polar surface area (TPSA) is 65.1 Å². The summed E-state index contributed by atoms with van der Waals surface area (Å²) in [7, 11) is 1.33. The molecule has 1 aliphatic rings. The van der Waals surface area contributed by atoms with Gasteiger partial charge in [-0.1, -0.05) is 0 Å². The van der Waals surface area contributed by atoms with Crippen molar-refractivity contribution in [3.05, 3.63) is 58.7 Å². The van der Waals surface area contributed by atoms with Crippen molar-refractivity contribution in [3.8, 4) is 11.5 Å². The van der Waals surface area contributed by atoms with Crippen LogP contribution in [0.4, 0.5) is 0 Å². The highest BCUT2D eigenvalue weighted by molar-refractivity contribution is 5.96. The molecule has 28 heavy (non-hydrogen) atoms. The number of fused-ring (bicyclic) bond motifs is 1. The van der Waals surface area contributed by atoms with Crippen molar-refractivity contribution in [2.75, 3.05) is 26.9 Å². The van der Waals surface area contributed by atoms with Crippen molar-refractivity contribution in [2.24, 2.45) is 0 Å². The van der Waals surface area contributed by atoms with Crippen molar-refractivity contribution in [3.63, 3.8) is 0 Å². The van der Waals surface area contributed by atoms with Crippen LogP contribution in [0.15, 0.2) is 36.4 Å². The molecule has 1 heterocycles. The van der Waals surface area contributed by atoms with E-state index in [0.29, 0.717) is 43.2 Å². The Bertz CT molecular complexity index is 860. The third-order valence-electron chi connectivity index (χ3n) is 4.72. The SMILES string of the molecule is CCOc1cc2c(cc1OCC)CN(C(=O)c1ccc(C(=O)OC)cc1)CC2. The van der Waals surface area contributed by atoms with Crippen LogP contribution in [0.2, 0.25) is 0 Å². The molecule has 1 amide bonds. The van der Waals surface area contributed by atoms with Crippen LogP contribution in [0.25, 0.3) is 0 Å². The fourth-order valence-electron chi connectivity index (χ4n) is 3.32. The normalized spacial score (nSPS) is 12.9. The summed E-state index contributed by atoms with van der Waals surface area (Å²) >= 11 is 0. The van der Waals surface area contributed by atoms with Crippen LogP contribution >= 0.6 is 0 Å². The Kier molecular flexibility index (Phi) is 6.19. The molecule has 3 rings (SSSR count). The van der Waals surface area contributed by atoms with Crippen molar-refractivity contribution in [2.45, 2.75) is 26.8 Å². The van der Waals surface area contributed by atoms with E-state index in [-0.39, 0.29) is 5.91 Å². The molecule has 1 aliphatic heterocycles. The highest BCUT2D eigenvalue weighted by Crippen LogP contribution is 2.34. The molecular weight excluding hydrogens is 358 g/mol. The van der Waals surface area contributed by atoms with Crippen molar-refractivity contribution in [1.29, 1.82) is 0 Å². The minimum atomic E-state index is -0.417. The molecule has 0 aromatic heterocycles. The molecule has 0 unspecified atom stereocenters. The van der Waals surface area contributed by atoms with E-state index >= 15 is 0 Å². The summed E-state index contributed by atoms with van der Waals surface area (Å²) in [4.78, 5) is 26.3. The smallest absolute Gasteiger partial charge is 0.337 e. The highest BCUT2D eigenvalue weighted by Gasteiger charge is 2.24. The van der Waals surface area contributed by atoms with Gasteiger partial charge in [0.2, 0.25) is 0 Å². The minimum absolute atomic E-state index is 0.0612. The molecule has 0 saturated heterocycles. The van der Waals surface area contributed by atoms with Gasteiger partial charge in [-0.2, -0.15) is 0 Å². The van der Waals surface area contributed by atoms with Gasteiger partial charge in [0, 0.05) is 18.7 Å². The molecule has 148 valence electrons. The van der Waals surface area contributed by atoms with Crippen molar-refractivity contribution < 1.29 is 23.8 Å². The van der Waals surface area contributed by atoms with E-state index in [0.717, 1.165) is 17.7 Å². The van der Waals surface area contributed by atoms with E-state index in [9.17, 15) is 9.59 Å². The van der Waals surface area contributed by atoms with Gasteiger partial charge < -0.3 is 19.1 Å². The van der Waals surface area contributed by atoms with Gasteiger partial charge >= 0.3 is 5.97 Å². The second kappa shape index (κ2) is 8.78. The third-order valence-corrected chi connectivity index (χ3v) is 4.72. The first-order valence-electron chi connectivity index (χ1n) is 9.46. The van der Waals surface area contributed by atoms with Gasteiger partial charge in [0.25, 0.3) is 5.91 Å². The van der Waals surface area contributed by atoms with Gasteiger partial charge in [0.05, 0.1) is 25.9 Å². The molecule has 0 saturated carbocycles. The zero-order chi connectivity index (χ0) is 20.1. The number of amides is 1. The number of esters is 1. The van der Waals surface area contributed by atoms with E-state index in [4.69, 9.17) is 14.2 Å². The number of carbonyl (C=O) groups is 2. The second-order valence-electron chi connectivity index (χ2n) is 6.48. The van der Waals surface area contributed by atoms with Crippen molar-refractivity contribution in [1.82, 2.24) is 4.90 Å². The molecule has 0 bridgehead atoms. The number of nitrogens with zero attached hydrogens (tertiary/aromatic N) is 1. The Balaban J connectivity index is 1.79. The van der Waals surface area contributed by atoms with Crippen LogP contribution in [0.5, 0.6) is 11.5 Å². The van der Waals surface area contributed by atoms with Gasteiger partial charge in [-0.15, -0.1) is 0 Å². The summed E-state index contributed by atoms with van der Waals surface area (Å²) in [5.74, 6) is 0.981. The van der Waals surface area contributed by atoms with Crippen molar-refractivity contribution >= 4 is 11.9 Å². The summed E-state index contributed by atoms with van der Waals surface area (Å²) in [6.07, 6.45) is 0.758. The predicted molar refractivity (Wildman–Crippen MR) is 105 cm³/mol. The molecule has 0 atom stereocenters. The Morgan fingerprint density at radius 2 is 1.50 bits per heavy atom. The fraction of sp³-hybridized carbons (Fsp3) is 0.364. The lowest BCUT2D eigenvalue weighted by atomic mass is 9.98. The Labute approximate surface area is 165 Å². The molecular formula is C22H25NO5. The monoisotopic (exact) mass is 383 g/mol. The lowest BCUT2D eigenvalue weighted by Crippen LogP contribution is -2.36. The lowest BCUT2D eigenvalue weighted by Gasteiger charge is -2.30. The number of benzene rings is 2. The molecule has 0 spiro atoms. The maximum atomic E-state index is 12.9. The Morgan fingerprint density at radius 1 is 0.929 bits per heavy atom. The van der Waals surface area contributed by atoms with Gasteiger partial charge in [-0.3, -0.25) is 4.79 Å². The van der Waals surface area contributed by atoms with Gasteiger partial charge in [0.15, 0.2) is 11.5 Å². The molecule has 2 aromatic carbocycles. The number of hydrogen-bond acceptors (Lipinski definition) is 5.